The maximum Gasteiger partial charge on any atom is 0.304 e. The van der Waals surface area contributed by atoms with Crippen molar-refractivity contribution in [2.24, 2.45) is 0 Å². The average Bonchev–Trinajstić information content (AvgIpc) is 3.00. The highest BCUT2D eigenvalue weighted by molar-refractivity contribution is 6.61. The molecule has 0 N–H and O–H groups in total. The number of carbonyl (C=O) groups excluding carboxylic acids is 3. The lowest BCUT2D eigenvalue weighted by atomic mass is 9.97. The van der Waals surface area contributed by atoms with Crippen molar-refractivity contribution >= 4 is 28.9 Å². The standard InChI is InChI=1S/C23H15NO3/c25-21(17-12-6-2-7-13-17)19-20(16-10-4-1-5-11-16)24(23(27)22(19)26)18-14-8-3-9-15-18/h1-15H. The first-order valence-corrected chi connectivity index (χ1v) is 8.52. The number of ketones is 2. The largest absolute Gasteiger partial charge is 0.304 e. The van der Waals surface area contributed by atoms with Gasteiger partial charge in [-0.15, -0.1) is 0 Å². The topological polar surface area (TPSA) is 54.5 Å². The van der Waals surface area contributed by atoms with Gasteiger partial charge in [-0.1, -0.05) is 78.9 Å². The molecule has 0 aromatic heterocycles. The molecule has 0 fully saturated rings. The predicted octanol–water partition coefficient (Wildman–Crippen LogP) is 3.90. The molecule has 0 bridgehead atoms. The van der Waals surface area contributed by atoms with Crippen molar-refractivity contribution in [2.45, 2.75) is 0 Å². The van der Waals surface area contributed by atoms with Gasteiger partial charge in [-0.05, 0) is 17.7 Å². The van der Waals surface area contributed by atoms with Crippen LogP contribution in [0.5, 0.6) is 0 Å². The van der Waals surface area contributed by atoms with E-state index in [9.17, 15) is 14.4 Å². The van der Waals surface area contributed by atoms with Crippen LogP contribution in [0.4, 0.5) is 5.69 Å². The number of rotatable bonds is 4. The zero-order valence-electron chi connectivity index (χ0n) is 14.3. The minimum atomic E-state index is -0.786. The molecule has 4 nitrogen and oxygen atoms in total. The summed E-state index contributed by atoms with van der Waals surface area (Å²) in [5.74, 6) is -1.96. The Balaban J connectivity index is 1.96. The molecule has 0 aliphatic carbocycles. The number of para-hydroxylation sites is 1. The molecule has 1 amide bonds. The van der Waals surface area contributed by atoms with E-state index in [1.165, 1.54) is 4.90 Å². The van der Waals surface area contributed by atoms with Crippen LogP contribution in [-0.2, 0) is 9.59 Å². The van der Waals surface area contributed by atoms with Crippen LogP contribution in [0.25, 0.3) is 5.70 Å². The lowest BCUT2D eigenvalue weighted by molar-refractivity contribution is -0.132. The number of carbonyl (C=O) groups is 3. The van der Waals surface area contributed by atoms with Gasteiger partial charge in [0, 0.05) is 11.3 Å². The lowest BCUT2D eigenvalue weighted by Gasteiger charge is -2.20. The first kappa shape index (κ1) is 16.7. The Hall–Kier alpha value is -3.79. The highest BCUT2D eigenvalue weighted by Gasteiger charge is 2.43. The van der Waals surface area contributed by atoms with Crippen LogP contribution in [0.15, 0.2) is 96.6 Å². The third kappa shape index (κ3) is 2.87. The van der Waals surface area contributed by atoms with Crippen molar-refractivity contribution in [3.8, 4) is 0 Å². The Morgan fingerprint density at radius 3 is 1.78 bits per heavy atom. The summed E-state index contributed by atoms with van der Waals surface area (Å²) in [5.41, 5.74) is 1.79. The molecule has 1 heterocycles. The predicted molar refractivity (Wildman–Crippen MR) is 103 cm³/mol. The highest BCUT2D eigenvalue weighted by Crippen LogP contribution is 2.36. The minimum Gasteiger partial charge on any atom is -0.288 e. The van der Waals surface area contributed by atoms with E-state index in [2.05, 4.69) is 0 Å². The summed E-state index contributed by atoms with van der Waals surface area (Å²) in [6.45, 7) is 0. The molecule has 27 heavy (non-hydrogen) atoms. The first-order valence-electron chi connectivity index (χ1n) is 8.52. The van der Waals surface area contributed by atoms with E-state index in [1.807, 2.05) is 24.3 Å². The molecule has 4 heteroatoms. The zero-order chi connectivity index (χ0) is 18.8. The van der Waals surface area contributed by atoms with Gasteiger partial charge in [-0.25, -0.2) is 0 Å². The van der Waals surface area contributed by atoms with Crippen molar-refractivity contribution in [3.05, 3.63) is 108 Å². The molecule has 0 unspecified atom stereocenters. The van der Waals surface area contributed by atoms with Crippen molar-refractivity contribution in [2.75, 3.05) is 4.90 Å². The molecule has 4 rings (SSSR count). The zero-order valence-corrected chi connectivity index (χ0v) is 14.3. The second kappa shape index (κ2) is 6.84. The summed E-state index contributed by atoms with van der Waals surface area (Å²) in [7, 11) is 0. The quantitative estimate of drug-likeness (QED) is 0.406. The van der Waals surface area contributed by atoms with Gasteiger partial charge >= 0.3 is 5.91 Å². The normalized spacial score (nSPS) is 14.0. The summed E-state index contributed by atoms with van der Waals surface area (Å²) >= 11 is 0. The average molecular weight is 353 g/mol. The fourth-order valence-corrected chi connectivity index (χ4v) is 3.17. The Kier molecular flexibility index (Phi) is 4.22. The van der Waals surface area contributed by atoms with Gasteiger partial charge in [-0.3, -0.25) is 19.3 Å². The summed E-state index contributed by atoms with van der Waals surface area (Å²) < 4.78 is 0. The van der Waals surface area contributed by atoms with Gasteiger partial charge in [0.1, 0.15) is 5.57 Å². The van der Waals surface area contributed by atoms with E-state index < -0.39 is 17.5 Å². The number of nitrogens with zero attached hydrogens (tertiary/aromatic N) is 1. The summed E-state index contributed by atoms with van der Waals surface area (Å²) in [4.78, 5) is 40.1. The van der Waals surface area contributed by atoms with Crippen LogP contribution < -0.4 is 4.90 Å². The summed E-state index contributed by atoms with van der Waals surface area (Å²) in [5, 5.41) is 0. The lowest BCUT2D eigenvalue weighted by Crippen LogP contribution is -2.28. The Morgan fingerprint density at radius 2 is 1.19 bits per heavy atom. The molecule has 1 aliphatic rings. The van der Waals surface area contributed by atoms with Crippen molar-refractivity contribution in [3.63, 3.8) is 0 Å². The van der Waals surface area contributed by atoms with Crippen molar-refractivity contribution < 1.29 is 14.4 Å². The number of benzene rings is 3. The number of hydrogen-bond donors (Lipinski definition) is 0. The Bertz CT molecular complexity index is 1050. The third-order valence-corrected chi connectivity index (χ3v) is 4.41. The molecule has 3 aromatic carbocycles. The second-order valence-electron chi connectivity index (χ2n) is 6.09. The molecule has 130 valence electrons. The summed E-state index contributed by atoms with van der Waals surface area (Å²) in [6.07, 6.45) is 0. The fraction of sp³-hybridized carbons (Fsp3) is 0. The molecule has 1 aliphatic heterocycles. The van der Waals surface area contributed by atoms with Crippen LogP contribution in [0.3, 0.4) is 0 Å². The molecule has 0 spiro atoms. The van der Waals surface area contributed by atoms with Crippen LogP contribution in [-0.4, -0.2) is 17.5 Å². The molecule has 3 aromatic rings. The van der Waals surface area contributed by atoms with Gasteiger partial charge in [0.15, 0.2) is 5.78 Å². The molecular weight excluding hydrogens is 338 g/mol. The SMILES string of the molecule is O=C1C(=O)N(c2ccccc2)C(c2ccccc2)=C1C(=O)c1ccccc1. The Morgan fingerprint density at radius 1 is 0.667 bits per heavy atom. The minimum absolute atomic E-state index is 0.0961. The first-order chi connectivity index (χ1) is 13.2. The van der Waals surface area contributed by atoms with E-state index in [0.29, 0.717) is 22.5 Å². The molecular formula is C23H15NO3. The number of amides is 1. The maximum atomic E-state index is 13.1. The molecule has 0 saturated heterocycles. The van der Waals surface area contributed by atoms with E-state index in [-0.39, 0.29) is 5.57 Å². The van der Waals surface area contributed by atoms with Gasteiger partial charge in [0.25, 0.3) is 5.78 Å². The van der Waals surface area contributed by atoms with Crippen LogP contribution in [0.2, 0.25) is 0 Å². The van der Waals surface area contributed by atoms with Crippen molar-refractivity contribution in [1.82, 2.24) is 0 Å². The van der Waals surface area contributed by atoms with Crippen LogP contribution in [0.1, 0.15) is 15.9 Å². The van der Waals surface area contributed by atoms with E-state index in [0.717, 1.165) is 0 Å². The molecule has 0 radical (unpaired) electrons. The van der Waals surface area contributed by atoms with E-state index in [1.54, 1.807) is 66.7 Å². The van der Waals surface area contributed by atoms with Crippen LogP contribution >= 0.6 is 0 Å². The molecule has 0 saturated carbocycles. The van der Waals surface area contributed by atoms with Crippen molar-refractivity contribution in [1.29, 1.82) is 0 Å². The Labute approximate surface area is 156 Å². The maximum absolute atomic E-state index is 13.1. The van der Waals surface area contributed by atoms with E-state index >= 15 is 0 Å². The molecule has 0 atom stereocenters. The highest BCUT2D eigenvalue weighted by atomic mass is 16.2. The summed E-state index contributed by atoms with van der Waals surface area (Å²) in [6, 6.07) is 26.4. The van der Waals surface area contributed by atoms with Gasteiger partial charge in [-0.2, -0.15) is 0 Å². The second-order valence-corrected chi connectivity index (χ2v) is 6.09. The smallest absolute Gasteiger partial charge is 0.288 e. The fourth-order valence-electron chi connectivity index (χ4n) is 3.17. The number of Topliss-reactive ketones (excluding diaryl/α,β-unsaturated/α-hetero) is 2. The van der Waals surface area contributed by atoms with E-state index in [4.69, 9.17) is 0 Å². The van der Waals surface area contributed by atoms with Crippen LogP contribution in [0, 0.1) is 0 Å². The third-order valence-electron chi connectivity index (χ3n) is 4.41. The van der Waals surface area contributed by atoms with Gasteiger partial charge in [0.2, 0.25) is 0 Å². The number of anilines is 1. The monoisotopic (exact) mass is 353 g/mol. The van der Waals surface area contributed by atoms with Gasteiger partial charge < -0.3 is 0 Å². The van der Waals surface area contributed by atoms with Gasteiger partial charge in [0.05, 0.1) is 5.70 Å². The number of hydrogen-bond acceptors (Lipinski definition) is 3.